The van der Waals surface area contributed by atoms with Gasteiger partial charge in [0.25, 0.3) is 0 Å². The van der Waals surface area contributed by atoms with Gasteiger partial charge in [-0.1, -0.05) is 0 Å². The van der Waals surface area contributed by atoms with Gasteiger partial charge in [0.05, 0.1) is 6.42 Å². The number of rotatable bonds is 5. The topological polar surface area (TPSA) is 69.6 Å². The zero-order valence-electron chi connectivity index (χ0n) is 9.95. The van der Waals surface area contributed by atoms with Crippen molar-refractivity contribution < 1.29 is 14.7 Å². The summed E-state index contributed by atoms with van der Waals surface area (Å²) in [5.74, 6) is -0.874. The quantitative estimate of drug-likeness (QED) is 0.748. The zero-order chi connectivity index (χ0) is 12.2. The number of amides is 2. The zero-order valence-corrected chi connectivity index (χ0v) is 9.95. The van der Waals surface area contributed by atoms with Crippen molar-refractivity contribution in [3.63, 3.8) is 0 Å². The minimum Gasteiger partial charge on any atom is -0.481 e. The summed E-state index contributed by atoms with van der Waals surface area (Å²) in [5, 5.41) is 11.5. The molecule has 0 spiro atoms. The molecule has 0 bridgehead atoms. The maximum atomic E-state index is 11.8. The molecule has 5 heteroatoms. The third-order valence-electron chi connectivity index (χ3n) is 3.13. The number of hydrogen-bond acceptors (Lipinski definition) is 2. The molecule has 1 aliphatic rings. The molecule has 0 atom stereocenters. The van der Waals surface area contributed by atoms with Crippen molar-refractivity contribution in [3.8, 4) is 0 Å². The molecule has 1 aliphatic carbocycles. The number of nitrogens with zero attached hydrogens (tertiary/aromatic N) is 1. The third kappa shape index (κ3) is 3.40. The number of carboxylic acid groups (broad SMARTS) is 1. The van der Waals surface area contributed by atoms with E-state index in [1.54, 1.807) is 0 Å². The molecule has 1 saturated carbocycles. The van der Waals surface area contributed by atoms with E-state index in [0.717, 1.165) is 19.3 Å². The molecule has 0 radical (unpaired) electrons. The van der Waals surface area contributed by atoms with Crippen molar-refractivity contribution in [1.82, 2.24) is 10.2 Å². The van der Waals surface area contributed by atoms with Crippen molar-refractivity contribution in [2.45, 2.75) is 45.1 Å². The van der Waals surface area contributed by atoms with E-state index in [2.05, 4.69) is 5.32 Å². The largest absolute Gasteiger partial charge is 0.481 e. The summed E-state index contributed by atoms with van der Waals surface area (Å²) < 4.78 is 0. The number of hydrogen-bond donors (Lipinski definition) is 2. The van der Waals surface area contributed by atoms with Crippen LogP contribution in [0.1, 0.15) is 39.5 Å². The molecule has 5 nitrogen and oxygen atoms in total. The number of nitrogens with one attached hydrogen (secondary N) is 1. The van der Waals surface area contributed by atoms with Crippen molar-refractivity contribution in [1.29, 1.82) is 0 Å². The van der Waals surface area contributed by atoms with Crippen LogP contribution in [0.4, 0.5) is 4.79 Å². The molecule has 16 heavy (non-hydrogen) atoms. The van der Waals surface area contributed by atoms with Gasteiger partial charge < -0.3 is 15.3 Å². The predicted octanol–water partition coefficient (Wildman–Crippen LogP) is 1.44. The second-order valence-corrected chi connectivity index (χ2v) is 4.57. The molecule has 1 rings (SSSR count). The van der Waals surface area contributed by atoms with Gasteiger partial charge in [-0.2, -0.15) is 0 Å². The Morgan fingerprint density at radius 2 is 2.06 bits per heavy atom. The van der Waals surface area contributed by atoms with E-state index in [9.17, 15) is 9.59 Å². The van der Waals surface area contributed by atoms with E-state index >= 15 is 0 Å². The van der Waals surface area contributed by atoms with Crippen LogP contribution in [0.5, 0.6) is 0 Å². The van der Waals surface area contributed by atoms with Crippen LogP contribution >= 0.6 is 0 Å². The molecular formula is C11H20N2O3. The SMILES string of the molecule is CCN(CCC(=O)O)C(=O)NC1(C)CCC1. The molecule has 0 aromatic carbocycles. The van der Waals surface area contributed by atoms with Gasteiger partial charge >= 0.3 is 12.0 Å². The molecule has 2 amide bonds. The van der Waals surface area contributed by atoms with E-state index in [-0.39, 0.29) is 24.5 Å². The Labute approximate surface area is 95.8 Å². The van der Waals surface area contributed by atoms with Gasteiger partial charge in [0, 0.05) is 18.6 Å². The fraction of sp³-hybridized carbons (Fsp3) is 0.818. The molecule has 2 N–H and O–H groups in total. The van der Waals surface area contributed by atoms with Crippen LogP contribution < -0.4 is 5.32 Å². The van der Waals surface area contributed by atoms with Gasteiger partial charge in [-0.15, -0.1) is 0 Å². The minimum atomic E-state index is -0.874. The van der Waals surface area contributed by atoms with Crippen LogP contribution in [0.15, 0.2) is 0 Å². The van der Waals surface area contributed by atoms with Crippen molar-refractivity contribution >= 4 is 12.0 Å². The summed E-state index contributed by atoms with van der Waals surface area (Å²) in [6.07, 6.45) is 3.17. The summed E-state index contributed by atoms with van der Waals surface area (Å²) in [7, 11) is 0. The first-order valence-electron chi connectivity index (χ1n) is 5.76. The fourth-order valence-electron chi connectivity index (χ4n) is 1.80. The van der Waals surface area contributed by atoms with E-state index in [1.165, 1.54) is 4.90 Å². The first-order chi connectivity index (χ1) is 7.47. The molecule has 0 aromatic heterocycles. The lowest BCUT2D eigenvalue weighted by atomic mass is 9.79. The lowest BCUT2D eigenvalue weighted by Crippen LogP contribution is -2.55. The summed E-state index contributed by atoms with van der Waals surface area (Å²) in [4.78, 5) is 23.8. The third-order valence-corrected chi connectivity index (χ3v) is 3.13. The Hall–Kier alpha value is -1.26. The van der Waals surface area contributed by atoms with Crippen molar-refractivity contribution in [2.24, 2.45) is 0 Å². The van der Waals surface area contributed by atoms with Crippen LogP contribution in [0.3, 0.4) is 0 Å². The highest BCUT2D eigenvalue weighted by Crippen LogP contribution is 2.30. The molecule has 0 unspecified atom stereocenters. The smallest absolute Gasteiger partial charge is 0.317 e. The normalized spacial score (nSPS) is 17.4. The summed E-state index contributed by atoms with van der Waals surface area (Å²) in [6.45, 7) is 4.69. The molecule has 0 aliphatic heterocycles. The lowest BCUT2D eigenvalue weighted by Gasteiger charge is -2.40. The highest BCUT2D eigenvalue weighted by atomic mass is 16.4. The van der Waals surface area contributed by atoms with Gasteiger partial charge in [-0.25, -0.2) is 4.79 Å². The van der Waals surface area contributed by atoms with Gasteiger partial charge in [-0.05, 0) is 33.1 Å². The standard InChI is InChI=1S/C11H20N2O3/c1-3-13(8-5-9(14)15)10(16)12-11(2)6-4-7-11/h3-8H2,1-2H3,(H,12,16)(H,14,15). The van der Waals surface area contributed by atoms with Gasteiger partial charge in [0.1, 0.15) is 0 Å². The molecule has 1 fully saturated rings. The van der Waals surface area contributed by atoms with E-state index in [4.69, 9.17) is 5.11 Å². The molecule has 0 heterocycles. The highest BCUT2D eigenvalue weighted by molar-refractivity contribution is 5.76. The van der Waals surface area contributed by atoms with Crippen LogP contribution in [0, 0.1) is 0 Å². The molecule has 0 aromatic rings. The van der Waals surface area contributed by atoms with Crippen LogP contribution in [-0.2, 0) is 4.79 Å². The van der Waals surface area contributed by atoms with Crippen LogP contribution in [0.2, 0.25) is 0 Å². The Morgan fingerprint density at radius 3 is 2.44 bits per heavy atom. The van der Waals surface area contributed by atoms with Gasteiger partial charge in [0.2, 0.25) is 0 Å². The van der Waals surface area contributed by atoms with Crippen LogP contribution in [0.25, 0.3) is 0 Å². The average molecular weight is 228 g/mol. The van der Waals surface area contributed by atoms with Crippen LogP contribution in [-0.4, -0.2) is 40.6 Å². The fourth-order valence-corrected chi connectivity index (χ4v) is 1.80. The van der Waals surface area contributed by atoms with Gasteiger partial charge in [0.15, 0.2) is 0 Å². The number of carbonyl (C=O) groups excluding carboxylic acids is 1. The van der Waals surface area contributed by atoms with Crippen molar-refractivity contribution in [2.75, 3.05) is 13.1 Å². The average Bonchev–Trinajstić information content (AvgIpc) is 2.15. The number of carboxylic acids is 1. The first kappa shape index (κ1) is 12.8. The Bertz CT molecular complexity index is 274. The van der Waals surface area contributed by atoms with E-state index in [0.29, 0.717) is 6.54 Å². The maximum absolute atomic E-state index is 11.8. The Balaban J connectivity index is 2.39. The first-order valence-corrected chi connectivity index (χ1v) is 5.76. The van der Waals surface area contributed by atoms with E-state index in [1.807, 2.05) is 13.8 Å². The van der Waals surface area contributed by atoms with E-state index < -0.39 is 5.97 Å². The second kappa shape index (κ2) is 5.18. The number of carbonyl (C=O) groups is 2. The highest BCUT2D eigenvalue weighted by Gasteiger charge is 2.34. The van der Waals surface area contributed by atoms with Crippen molar-refractivity contribution in [3.05, 3.63) is 0 Å². The van der Waals surface area contributed by atoms with Gasteiger partial charge in [-0.3, -0.25) is 4.79 Å². The molecule has 92 valence electrons. The monoisotopic (exact) mass is 228 g/mol. The Morgan fingerprint density at radius 1 is 1.44 bits per heavy atom. The molecule has 0 saturated heterocycles. The lowest BCUT2D eigenvalue weighted by molar-refractivity contribution is -0.137. The summed E-state index contributed by atoms with van der Waals surface area (Å²) >= 11 is 0. The minimum absolute atomic E-state index is 0.00201. The second-order valence-electron chi connectivity index (χ2n) is 4.57. The number of aliphatic carboxylic acids is 1. The summed E-state index contributed by atoms with van der Waals surface area (Å²) in [6, 6.07) is -0.147. The summed E-state index contributed by atoms with van der Waals surface area (Å²) in [5.41, 5.74) is -0.0757. The molecular weight excluding hydrogens is 208 g/mol. The predicted molar refractivity (Wildman–Crippen MR) is 60.3 cm³/mol. The number of urea groups is 1. The Kier molecular flexibility index (Phi) is 4.15. The maximum Gasteiger partial charge on any atom is 0.317 e.